The van der Waals surface area contributed by atoms with Crippen LogP contribution >= 0.6 is 0 Å². The maximum absolute atomic E-state index is 12.9. The predicted octanol–water partition coefficient (Wildman–Crippen LogP) is 3.71. The van der Waals surface area contributed by atoms with Gasteiger partial charge in [-0.05, 0) is 12.8 Å². The average Bonchev–Trinajstić information content (AvgIpc) is 2.74. The fraction of sp³-hybridized carbons (Fsp3) is 0.846. The third-order valence-electron chi connectivity index (χ3n) is 7.85. The molecule has 192 valence electrons. The molecule has 0 N–H and O–H groups in total. The van der Waals surface area contributed by atoms with Gasteiger partial charge >= 0.3 is 11.9 Å². The highest BCUT2D eigenvalue weighted by Crippen LogP contribution is 2.39. The number of hydrogen-bond donors (Lipinski definition) is 0. The lowest BCUT2D eigenvalue weighted by Crippen LogP contribution is -2.51. The zero-order chi connectivity index (χ0) is 25.3. The molecule has 0 amide bonds. The van der Waals surface area contributed by atoms with Gasteiger partial charge in [-0.1, -0.05) is 41.5 Å². The van der Waals surface area contributed by atoms with E-state index in [0.29, 0.717) is 25.7 Å². The number of rotatable bonds is 2. The average molecular weight is 481 g/mol. The lowest BCUT2D eigenvalue weighted by Gasteiger charge is -2.42. The van der Waals surface area contributed by atoms with E-state index >= 15 is 0 Å². The minimum Gasteiger partial charge on any atom is -0.462 e. The fourth-order valence-electron chi connectivity index (χ4n) is 5.04. The van der Waals surface area contributed by atoms with E-state index in [2.05, 4.69) is 0 Å². The highest BCUT2D eigenvalue weighted by Gasteiger charge is 2.48. The molecule has 0 saturated carbocycles. The number of ether oxygens (including phenoxy) is 4. The number of fused-ring (bicyclic) bond motifs is 4. The van der Waals surface area contributed by atoms with Gasteiger partial charge < -0.3 is 18.9 Å². The van der Waals surface area contributed by atoms with Crippen LogP contribution in [0.15, 0.2) is 0 Å². The molecular weight excluding hydrogens is 440 g/mol. The van der Waals surface area contributed by atoms with Crippen LogP contribution in [-0.2, 0) is 38.1 Å². The first-order valence-corrected chi connectivity index (χ1v) is 12.6. The number of Topliss-reactive ketones (excluding diaryl/α,β-unsaturated/α-hetero) is 2. The van der Waals surface area contributed by atoms with E-state index in [1.807, 2.05) is 13.8 Å². The van der Waals surface area contributed by atoms with Crippen molar-refractivity contribution < 1.29 is 38.1 Å². The molecule has 3 aliphatic rings. The van der Waals surface area contributed by atoms with Crippen LogP contribution in [0.5, 0.6) is 0 Å². The monoisotopic (exact) mass is 480 g/mol. The molecule has 3 saturated heterocycles. The second-order valence-corrected chi connectivity index (χ2v) is 11.1. The van der Waals surface area contributed by atoms with E-state index in [1.54, 1.807) is 27.7 Å². The summed E-state index contributed by atoms with van der Waals surface area (Å²) in [6.45, 7) is 11.0. The van der Waals surface area contributed by atoms with Gasteiger partial charge in [0.05, 0.1) is 48.1 Å². The minimum absolute atomic E-state index is 0.0269. The summed E-state index contributed by atoms with van der Waals surface area (Å²) in [5.74, 6) is -0.802. The number of esters is 2. The van der Waals surface area contributed by atoms with Gasteiger partial charge in [0.25, 0.3) is 0 Å². The van der Waals surface area contributed by atoms with E-state index < -0.39 is 59.4 Å². The van der Waals surface area contributed by atoms with Gasteiger partial charge in [0.2, 0.25) is 0 Å². The lowest BCUT2D eigenvalue weighted by molar-refractivity contribution is -0.182. The second-order valence-electron chi connectivity index (χ2n) is 11.1. The van der Waals surface area contributed by atoms with Crippen molar-refractivity contribution in [3.05, 3.63) is 0 Å². The molecule has 6 atom stereocenters. The van der Waals surface area contributed by atoms with E-state index in [-0.39, 0.29) is 37.2 Å². The number of carbonyl (C=O) groups is 4. The molecule has 3 rings (SSSR count). The first-order valence-electron chi connectivity index (χ1n) is 12.6. The number of carbonyl (C=O) groups excluding carboxylic acids is 4. The number of ketones is 2. The highest BCUT2D eigenvalue weighted by atomic mass is 16.6. The molecule has 3 fully saturated rings. The van der Waals surface area contributed by atoms with E-state index in [0.717, 1.165) is 0 Å². The Morgan fingerprint density at radius 2 is 1.00 bits per heavy atom. The first kappa shape index (κ1) is 26.8. The Morgan fingerprint density at radius 1 is 0.647 bits per heavy atom. The minimum atomic E-state index is -0.821. The molecule has 0 spiro atoms. The Bertz CT molecular complexity index is 735. The van der Waals surface area contributed by atoms with Crippen LogP contribution in [0, 0.1) is 10.8 Å². The molecule has 0 aromatic rings. The first-order chi connectivity index (χ1) is 15.9. The molecule has 4 bridgehead atoms. The van der Waals surface area contributed by atoms with Crippen LogP contribution in [0.3, 0.4) is 0 Å². The predicted molar refractivity (Wildman–Crippen MR) is 123 cm³/mol. The summed E-state index contributed by atoms with van der Waals surface area (Å²) >= 11 is 0. The summed E-state index contributed by atoms with van der Waals surface area (Å²) in [6, 6.07) is 0. The summed E-state index contributed by atoms with van der Waals surface area (Å²) in [7, 11) is 0. The number of cyclic esters (lactones) is 2. The lowest BCUT2D eigenvalue weighted by atomic mass is 9.75. The third-order valence-corrected chi connectivity index (χ3v) is 7.85. The Labute approximate surface area is 202 Å². The van der Waals surface area contributed by atoms with Crippen molar-refractivity contribution in [2.45, 2.75) is 130 Å². The molecule has 0 unspecified atom stereocenters. The molecule has 34 heavy (non-hydrogen) atoms. The maximum Gasteiger partial charge on any atom is 0.308 e. The normalized spacial score (nSPS) is 37.0. The van der Waals surface area contributed by atoms with E-state index in [4.69, 9.17) is 18.9 Å². The molecule has 0 aromatic heterocycles. The van der Waals surface area contributed by atoms with Crippen molar-refractivity contribution in [3.8, 4) is 0 Å². The van der Waals surface area contributed by atoms with Gasteiger partial charge in [-0.25, -0.2) is 0 Å². The Kier molecular flexibility index (Phi) is 8.23. The van der Waals surface area contributed by atoms with Crippen LogP contribution < -0.4 is 0 Å². The molecule has 0 aromatic carbocycles. The fourth-order valence-corrected chi connectivity index (χ4v) is 5.04. The zero-order valence-corrected chi connectivity index (χ0v) is 21.4. The second kappa shape index (κ2) is 10.4. The molecule has 0 aliphatic carbocycles. The summed E-state index contributed by atoms with van der Waals surface area (Å²) < 4.78 is 23.9. The van der Waals surface area contributed by atoms with Gasteiger partial charge in [0.1, 0.15) is 23.8 Å². The van der Waals surface area contributed by atoms with Crippen molar-refractivity contribution in [1.29, 1.82) is 0 Å². The van der Waals surface area contributed by atoms with Crippen LogP contribution in [0.1, 0.15) is 92.9 Å². The third kappa shape index (κ3) is 5.88. The Morgan fingerprint density at radius 3 is 1.32 bits per heavy atom. The quantitative estimate of drug-likeness (QED) is 0.551. The Balaban J connectivity index is 1.88. The van der Waals surface area contributed by atoms with E-state index in [1.165, 1.54) is 0 Å². The topological polar surface area (TPSA) is 105 Å². The van der Waals surface area contributed by atoms with Crippen molar-refractivity contribution >= 4 is 23.5 Å². The summed E-state index contributed by atoms with van der Waals surface area (Å²) in [5.41, 5.74) is -1.64. The van der Waals surface area contributed by atoms with Crippen LogP contribution in [0.2, 0.25) is 0 Å². The molecule has 8 nitrogen and oxygen atoms in total. The van der Waals surface area contributed by atoms with Crippen molar-refractivity contribution in [2.75, 3.05) is 0 Å². The van der Waals surface area contributed by atoms with Crippen LogP contribution in [0.4, 0.5) is 0 Å². The standard InChI is InChI=1S/C26H40O8/c1-7-15-9-17-11-19(27)25(3,4)22(31-17)14-24(30)34-16(8-2)10-18-12-20(28)26(5,6)21(32-18)13-23(29)33-15/h15-18,21-22H,7-14H2,1-6H3/t15-,16-,17-,18-,21+,22+/m1/s1. The molecular formula is C26H40O8. The van der Waals surface area contributed by atoms with Gasteiger partial charge in [-0.2, -0.15) is 0 Å². The summed E-state index contributed by atoms with van der Waals surface area (Å²) in [4.78, 5) is 51.5. The van der Waals surface area contributed by atoms with E-state index in [9.17, 15) is 19.2 Å². The largest absolute Gasteiger partial charge is 0.462 e. The molecule has 3 heterocycles. The highest BCUT2D eigenvalue weighted by molar-refractivity contribution is 5.87. The van der Waals surface area contributed by atoms with Crippen LogP contribution in [-0.4, -0.2) is 60.1 Å². The van der Waals surface area contributed by atoms with Gasteiger partial charge in [-0.15, -0.1) is 0 Å². The van der Waals surface area contributed by atoms with Crippen molar-refractivity contribution in [1.82, 2.24) is 0 Å². The van der Waals surface area contributed by atoms with Gasteiger partial charge in [0.15, 0.2) is 0 Å². The Hall–Kier alpha value is -1.80. The van der Waals surface area contributed by atoms with Gasteiger partial charge in [0, 0.05) is 25.7 Å². The van der Waals surface area contributed by atoms with Crippen molar-refractivity contribution in [3.63, 3.8) is 0 Å². The maximum atomic E-state index is 12.9. The molecule has 3 aliphatic heterocycles. The smallest absolute Gasteiger partial charge is 0.308 e. The number of hydrogen-bond acceptors (Lipinski definition) is 8. The van der Waals surface area contributed by atoms with Gasteiger partial charge in [-0.3, -0.25) is 19.2 Å². The SMILES string of the molecule is CC[C@@H]1C[C@@H]2CC(=O)C(C)(C)[C@H](CC(=O)O[C@H](CC)C[C@@H]3CC(=O)C(C)(C)[C@H](CC(=O)O1)O3)O2. The molecule has 0 radical (unpaired) electrons. The molecule has 8 heteroatoms. The van der Waals surface area contributed by atoms with Crippen molar-refractivity contribution in [2.24, 2.45) is 10.8 Å². The zero-order valence-electron chi connectivity index (χ0n) is 21.4. The van der Waals surface area contributed by atoms with Crippen LogP contribution in [0.25, 0.3) is 0 Å². The summed E-state index contributed by atoms with van der Waals surface area (Å²) in [5, 5.41) is 0. The summed E-state index contributed by atoms with van der Waals surface area (Å²) in [6.07, 6.45) is -0.820.